The first-order chi connectivity index (χ1) is 15.0. The molecule has 0 fully saturated rings. The van der Waals surface area contributed by atoms with Gasteiger partial charge in [-0.25, -0.2) is 4.98 Å². The highest BCUT2D eigenvalue weighted by atomic mass is 35.5. The summed E-state index contributed by atoms with van der Waals surface area (Å²) in [4.78, 5) is 18.0. The molecule has 1 aliphatic heterocycles. The molecule has 10 nitrogen and oxygen atoms in total. The maximum Gasteiger partial charge on any atom is 0.291 e. The molecule has 162 valence electrons. The number of imidazole rings is 1. The van der Waals surface area contributed by atoms with Crippen LogP contribution in [0.1, 0.15) is 11.6 Å². The van der Waals surface area contributed by atoms with Crippen molar-refractivity contribution >= 4 is 17.3 Å². The van der Waals surface area contributed by atoms with Crippen molar-refractivity contribution in [3.63, 3.8) is 0 Å². The van der Waals surface area contributed by atoms with Gasteiger partial charge >= 0.3 is 0 Å². The Balaban J connectivity index is 0.000000628. The van der Waals surface area contributed by atoms with E-state index in [1.165, 1.54) is 0 Å². The Kier molecular flexibility index (Phi) is 7.66. The summed E-state index contributed by atoms with van der Waals surface area (Å²) in [6.45, 7) is 1.18. The van der Waals surface area contributed by atoms with E-state index >= 15 is 0 Å². The van der Waals surface area contributed by atoms with Crippen LogP contribution in [0, 0.1) is 10.1 Å². The molecule has 1 unspecified atom stereocenters. The Morgan fingerprint density at radius 1 is 1.26 bits per heavy atom. The van der Waals surface area contributed by atoms with Crippen LogP contribution in [0.3, 0.4) is 0 Å². The molecule has 0 saturated carbocycles. The third-order valence-corrected chi connectivity index (χ3v) is 4.43. The smallest absolute Gasteiger partial charge is 0.291 e. The molecule has 0 spiro atoms. The second-order valence-electron chi connectivity index (χ2n) is 6.18. The number of aromatic nitrogens is 2. The fraction of sp³-hybridized carbons (Fsp3) is 0.200. The molecule has 0 bridgehead atoms. The Labute approximate surface area is 182 Å². The van der Waals surface area contributed by atoms with Gasteiger partial charge in [0.1, 0.15) is 36.5 Å². The van der Waals surface area contributed by atoms with E-state index in [1.54, 1.807) is 24.7 Å². The molecule has 1 atom stereocenters. The summed E-state index contributed by atoms with van der Waals surface area (Å²) in [6.07, 6.45) is 5.38. The fourth-order valence-corrected chi connectivity index (χ4v) is 2.99. The molecule has 1 N–H and O–H groups in total. The molecule has 3 aromatic rings. The molecule has 11 heteroatoms. The van der Waals surface area contributed by atoms with Crippen molar-refractivity contribution in [2.24, 2.45) is 5.16 Å². The van der Waals surface area contributed by atoms with Crippen molar-refractivity contribution in [1.82, 2.24) is 9.55 Å². The van der Waals surface area contributed by atoms with E-state index in [0.717, 1.165) is 22.8 Å². The molecule has 0 aliphatic carbocycles. The van der Waals surface area contributed by atoms with E-state index in [2.05, 4.69) is 10.1 Å². The third-order valence-electron chi connectivity index (χ3n) is 4.18. The van der Waals surface area contributed by atoms with Crippen LogP contribution < -0.4 is 9.47 Å². The van der Waals surface area contributed by atoms with Crippen LogP contribution in [0.5, 0.6) is 11.5 Å². The van der Waals surface area contributed by atoms with Gasteiger partial charge in [-0.3, -0.25) is 0 Å². The number of benzene rings is 2. The van der Waals surface area contributed by atoms with Crippen LogP contribution in [0.15, 0.2) is 72.4 Å². The lowest BCUT2D eigenvalue weighted by atomic mass is 10.00. The van der Waals surface area contributed by atoms with Gasteiger partial charge < -0.3 is 24.1 Å². The molecule has 31 heavy (non-hydrogen) atoms. The maximum absolute atomic E-state index is 8.36. The summed E-state index contributed by atoms with van der Waals surface area (Å²) in [5, 5.41) is 18.7. The number of nitrogens with zero attached hydrogens (tertiary/aromatic N) is 4. The zero-order chi connectivity index (χ0) is 22.1. The van der Waals surface area contributed by atoms with E-state index in [0.29, 0.717) is 24.8 Å². The zero-order valence-electron chi connectivity index (χ0n) is 16.2. The van der Waals surface area contributed by atoms with E-state index in [-0.39, 0.29) is 6.04 Å². The molecule has 2 heterocycles. The van der Waals surface area contributed by atoms with Crippen LogP contribution in [-0.4, -0.2) is 45.4 Å². The minimum absolute atomic E-state index is 0.0976. The summed E-state index contributed by atoms with van der Waals surface area (Å²) in [5.41, 5.74) is 1.72. The number of rotatable bonds is 6. The van der Waals surface area contributed by atoms with Gasteiger partial charge in [0, 0.05) is 23.0 Å². The number of hydrogen-bond donors (Lipinski definition) is 1. The number of oxime groups is 1. The second-order valence-corrected chi connectivity index (χ2v) is 6.62. The summed E-state index contributed by atoms with van der Waals surface area (Å²) < 4.78 is 13.5. The molecule has 4 rings (SSSR count). The van der Waals surface area contributed by atoms with Gasteiger partial charge in [0.05, 0.1) is 6.33 Å². The minimum Gasteiger partial charge on any atom is -0.490 e. The van der Waals surface area contributed by atoms with Gasteiger partial charge in [0.25, 0.3) is 5.09 Å². The lowest BCUT2D eigenvalue weighted by Gasteiger charge is -2.27. The highest BCUT2D eigenvalue weighted by Crippen LogP contribution is 2.30. The van der Waals surface area contributed by atoms with Crippen molar-refractivity contribution in [2.75, 3.05) is 19.8 Å². The first kappa shape index (κ1) is 21.9. The van der Waals surface area contributed by atoms with Crippen LogP contribution in [0.4, 0.5) is 0 Å². The van der Waals surface area contributed by atoms with E-state index in [9.17, 15) is 0 Å². The molecule has 1 aliphatic rings. The Morgan fingerprint density at radius 2 is 2.00 bits per heavy atom. The maximum atomic E-state index is 8.36. The van der Waals surface area contributed by atoms with Gasteiger partial charge in [-0.1, -0.05) is 28.9 Å². The largest absolute Gasteiger partial charge is 0.490 e. The third kappa shape index (κ3) is 6.34. The van der Waals surface area contributed by atoms with Crippen LogP contribution in [0.2, 0.25) is 5.02 Å². The predicted octanol–water partition coefficient (Wildman–Crippen LogP) is 3.62. The summed E-state index contributed by atoms with van der Waals surface area (Å²) in [7, 11) is 0. The lowest BCUT2D eigenvalue weighted by molar-refractivity contribution is -0.742. The minimum atomic E-state index is -1.50. The SMILES string of the molecule is Clc1ccc(OCCO/N=C2\c3ccccc3OCC2n2ccnc2)cc1.O=[N+]([O-])O. The van der Waals surface area contributed by atoms with E-state index in [1.807, 2.05) is 47.2 Å². The number of para-hydroxylation sites is 1. The highest BCUT2D eigenvalue weighted by molar-refractivity contribution is 6.30. The molecule has 0 radical (unpaired) electrons. The lowest BCUT2D eigenvalue weighted by Crippen LogP contribution is -2.31. The molecule has 0 amide bonds. The van der Waals surface area contributed by atoms with Crippen molar-refractivity contribution in [1.29, 1.82) is 0 Å². The molecule has 1 aromatic heterocycles. The van der Waals surface area contributed by atoms with Crippen LogP contribution in [-0.2, 0) is 4.84 Å². The summed E-state index contributed by atoms with van der Waals surface area (Å²) in [5.74, 6) is 1.54. The fourth-order valence-electron chi connectivity index (χ4n) is 2.87. The summed E-state index contributed by atoms with van der Waals surface area (Å²) >= 11 is 5.86. The number of hydrogen-bond acceptors (Lipinski definition) is 7. The number of ether oxygens (including phenoxy) is 2. The van der Waals surface area contributed by atoms with Gasteiger partial charge in [-0.2, -0.15) is 0 Å². The Morgan fingerprint density at radius 3 is 2.71 bits per heavy atom. The Hall–Kier alpha value is -3.79. The van der Waals surface area contributed by atoms with Gasteiger partial charge in [0.2, 0.25) is 0 Å². The number of halogens is 1. The second kappa shape index (κ2) is 10.8. The molecule has 0 saturated heterocycles. The topological polar surface area (TPSA) is 121 Å². The van der Waals surface area contributed by atoms with E-state index < -0.39 is 5.09 Å². The average molecular weight is 447 g/mol. The van der Waals surface area contributed by atoms with Crippen molar-refractivity contribution < 1.29 is 24.6 Å². The summed E-state index contributed by atoms with van der Waals surface area (Å²) in [6, 6.07) is 14.9. The van der Waals surface area contributed by atoms with Crippen LogP contribution in [0.25, 0.3) is 0 Å². The van der Waals surface area contributed by atoms with E-state index in [4.69, 9.17) is 41.2 Å². The predicted molar refractivity (Wildman–Crippen MR) is 111 cm³/mol. The van der Waals surface area contributed by atoms with Crippen molar-refractivity contribution in [3.8, 4) is 11.5 Å². The molecular formula is C20H19ClN4O6. The standard InChI is InChI=1S/C20H18ClN3O3.HNO3/c21-15-5-7-16(8-6-15)25-11-12-27-23-20-17-3-1-2-4-19(17)26-13-18(20)24-10-9-22-14-24;2-1(3)4/h1-10,14,18H,11-13H2;(H,2,3,4)/b23-20+;. The Bertz CT molecular complexity index is 1010. The zero-order valence-corrected chi connectivity index (χ0v) is 17.0. The average Bonchev–Trinajstić information content (AvgIpc) is 3.29. The van der Waals surface area contributed by atoms with Gasteiger partial charge in [-0.05, 0) is 36.4 Å². The normalized spacial score (nSPS) is 15.8. The first-order valence-corrected chi connectivity index (χ1v) is 9.53. The number of fused-ring (bicyclic) bond motifs is 1. The quantitative estimate of drug-likeness (QED) is 0.348. The monoisotopic (exact) mass is 446 g/mol. The highest BCUT2D eigenvalue weighted by Gasteiger charge is 2.28. The van der Waals surface area contributed by atoms with Crippen LogP contribution >= 0.6 is 11.6 Å². The van der Waals surface area contributed by atoms with Gasteiger partial charge in [-0.15, -0.1) is 10.1 Å². The van der Waals surface area contributed by atoms with Crippen molar-refractivity contribution in [2.45, 2.75) is 6.04 Å². The molecule has 2 aromatic carbocycles. The van der Waals surface area contributed by atoms with Gasteiger partial charge in [0.15, 0.2) is 6.61 Å². The first-order valence-electron chi connectivity index (χ1n) is 9.15. The molecular weight excluding hydrogens is 428 g/mol. The van der Waals surface area contributed by atoms with Crippen molar-refractivity contribution in [3.05, 3.63) is 88.0 Å².